The quantitative estimate of drug-likeness (QED) is 0.735. The lowest BCUT2D eigenvalue weighted by Gasteiger charge is -2.15. The molecule has 2 rings (SSSR count). The van der Waals surface area contributed by atoms with Gasteiger partial charge in [-0.25, -0.2) is 0 Å². The maximum Gasteiger partial charge on any atom is 0.276 e. The first kappa shape index (κ1) is 20.3. The molecule has 0 fully saturated rings. The summed E-state index contributed by atoms with van der Waals surface area (Å²) in [6, 6.07) is 13.1. The average molecular weight is 370 g/mol. The van der Waals surface area contributed by atoms with Crippen molar-refractivity contribution in [2.45, 2.75) is 33.1 Å². The highest BCUT2D eigenvalue weighted by atomic mass is 16.5. The van der Waals surface area contributed by atoms with Gasteiger partial charge in [0.05, 0.1) is 13.5 Å². The molecule has 0 bridgehead atoms. The monoisotopic (exact) mass is 370 g/mol. The van der Waals surface area contributed by atoms with Crippen LogP contribution in [0.5, 0.6) is 11.5 Å². The number of amides is 2. The third kappa shape index (κ3) is 6.33. The largest absolute Gasteiger partial charge is 0.497 e. The maximum atomic E-state index is 12.0. The van der Waals surface area contributed by atoms with Crippen molar-refractivity contribution in [3.8, 4) is 11.5 Å². The number of benzene rings is 2. The van der Waals surface area contributed by atoms with E-state index in [4.69, 9.17) is 9.47 Å². The number of hydrogen-bond donors (Lipinski definition) is 2. The predicted octanol–water partition coefficient (Wildman–Crippen LogP) is 2.90. The van der Waals surface area contributed by atoms with E-state index in [-0.39, 0.29) is 24.9 Å². The van der Waals surface area contributed by atoms with E-state index >= 15 is 0 Å². The first-order valence-electron chi connectivity index (χ1n) is 8.83. The molecule has 2 N–H and O–H groups in total. The smallest absolute Gasteiger partial charge is 0.276 e. The number of carbonyl (C=O) groups is 2. The summed E-state index contributed by atoms with van der Waals surface area (Å²) in [5, 5.41) is 0. The minimum absolute atomic E-state index is 0.133. The minimum atomic E-state index is -0.426. The second-order valence-corrected chi connectivity index (χ2v) is 6.61. The van der Waals surface area contributed by atoms with E-state index in [2.05, 4.69) is 24.7 Å². The first-order chi connectivity index (χ1) is 12.9. The highest BCUT2D eigenvalue weighted by Crippen LogP contribution is 2.27. The molecule has 0 heterocycles. The van der Waals surface area contributed by atoms with Crippen LogP contribution >= 0.6 is 0 Å². The molecule has 0 aliphatic heterocycles. The fourth-order valence-electron chi connectivity index (χ4n) is 2.57. The summed E-state index contributed by atoms with van der Waals surface area (Å²) in [4.78, 5) is 23.9. The first-order valence-corrected chi connectivity index (χ1v) is 8.83. The molecule has 0 aliphatic carbocycles. The van der Waals surface area contributed by atoms with Crippen molar-refractivity contribution in [3.05, 3.63) is 59.2 Å². The summed E-state index contributed by atoms with van der Waals surface area (Å²) in [6.07, 6.45) is 0.133. The number of methoxy groups -OCH3 is 1. The van der Waals surface area contributed by atoms with Crippen molar-refractivity contribution in [2.24, 2.45) is 0 Å². The van der Waals surface area contributed by atoms with Crippen molar-refractivity contribution in [2.75, 3.05) is 13.7 Å². The van der Waals surface area contributed by atoms with Gasteiger partial charge in [-0.3, -0.25) is 20.4 Å². The summed E-state index contributed by atoms with van der Waals surface area (Å²) in [5.41, 5.74) is 7.65. The number of ether oxygens (including phenoxy) is 2. The zero-order valence-corrected chi connectivity index (χ0v) is 16.2. The Morgan fingerprint density at radius 1 is 1.04 bits per heavy atom. The Hall–Kier alpha value is -3.02. The lowest BCUT2D eigenvalue weighted by Crippen LogP contribution is -2.44. The molecule has 144 valence electrons. The molecule has 0 saturated heterocycles. The van der Waals surface area contributed by atoms with Gasteiger partial charge >= 0.3 is 0 Å². The van der Waals surface area contributed by atoms with Crippen LogP contribution in [-0.4, -0.2) is 25.5 Å². The minimum Gasteiger partial charge on any atom is -0.497 e. The molecule has 0 unspecified atom stereocenters. The molecule has 2 aromatic rings. The van der Waals surface area contributed by atoms with E-state index < -0.39 is 5.91 Å². The predicted molar refractivity (Wildman–Crippen MR) is 104 cm³/mol. The van der Waals surface area contributed by atoms with Gasteiger partial charge in [0.1, 0.15) is 11.5 Å². The Kier molecular flexibility index (Phi) is 7.23. The van der Waals surface area contributed by atoms with E-state index in [0.717, 1.165) is 16.7 Å². The summed E-state index contributed by atoms with van der Waals surface area (Å²) in [5.74, 6) is 0.895. The van der Waals surface area contributed by atoms with Crippen LogP contribution in [0, 0.1) is 6.92 Å². The van der Waals surface area contributed by atoms with Gasteiger partial charge < -0.3 is 9.47 Å². The van der Waals surface area contributed by atoms with Crippen LogP contribution in [0.15, 0.2) is 42.5 Å². The van der Waals surface area contributed by atoms with E-state index in [1.54, 1.807) is 19.2 Å². The molecular formula is C21H26N2O4. The maximum absolute atomic E-state index is 12.0. The second-order valence-electron chi connectivity index (χ2n) is 6.61. The highest BCUT2D eigenvalue weighted by molar-refractivity contribution is 5.83. The molecule has 0 aromatic heterocycles. The van der Waals surface area contributed by atoms with Crippen molar-refractivity contribution in [1.82, 2.24) is 10.9 Å². The summed E-state index contributed by atoms with van der Waals surface area (Å²) in [7, 11) is 1.57. The molecule has 2 aromatic carbocycles. The summed E-state index contributed by atoms with van der Waals surface area (Å²) >= 11 is 0. The Bertz CT molecular complexity index is 803. The summed E-state index contributed by atoms with van der Waals surface area (Å²) in [6.45, 7) is 5.92. The fourth-order valence-corrected chi connectivity index (χ4v) is 2.57. The van der Waals surface area contributed by atoms with Crippen LogP contribution in [-0.2, 0) is 16.0 Å². The van der Waals surface area contributed by atoms with Crippen LogP contribution in [0.25, 0.3) is 0 Å². The molecule has 27 heavy (non-hydrogen) atoms. The van der Waals surface area contributed by atoms with Crippen LogP contribution in [0.1, 0.15) is 36.5 Å². The van der Waals surface area contributed by atoms with Gasteiger partial charge in [0.25, 0.3) is 5.91 Å². The van der Waals surface area contributed by atoms with Gasteiger partial charge in [0.15, 0.2) is 6.61 Å². The Labute approximate surface area is 159 Å². The lowest BCUT2D eigenvalue weighted by molar-refractivity contribution is -0.129. The van der Waals surface area contributed by atoms with E-state index in [1.807, 2.05) is 37.3 Å². The van der Waals surface area contributed by atoms with E-state index in [0.29, 0.717) is 11.5 Å². The average Bonchev–Trinajstić information content (AvgIpc) is 2.64. The molecular weight excluding hydrogens is 344 g/mol. The normalized spacial score (nSPS) is 10.4. The van der Waals surface area contributed by atoms with Crippen LogP contribution in [0.3, 0.4) is 0 Å². The fraction of sp³-hybridized carbons (Fsp3) is 0.333. The zero-order chi connectivity index (χ0) is 19.8. The number of rotatable bonds is 7. The second kappa shape index (κ2) is 9.62. The third-order valence-corrected chi connectivity index (χ3v) is 3.99. The highest BCUT2D eigenvalue weighted by Gasteiger charge is 2.11. The Balaban J connectivity index is 1.82. The Morgan fingerprint density at radius 3 is 2.48 bits per heavy atom. The van der Waals surface area contributed by atoms with Gasteiger partial charge in [-0.1, -0.05) is 38.1 Å². The molecule has 0 radical (unpaired) electrons. The summed E-state index contributed by atoms with van der Waals surface area (Å²) < 4.78 is 10.8. The van der Waals surface area contributed by atoms with Crippen LogP contribution < -0.4 is 20.3 Å². The van der Waals surface area contributed by atoms with Crippen LogP contribution in [0.4, 0.5) is 0 Å². The van der Waals surface area contributed by atoms with E-state index in [1.165, 1.54) is 0 Å². The van der Waals surface area contributed by atoms with E-state index in [9.17, 15) is 9.59 Å². The van der Waals surface area contributed by atoms with Crippen molar-refractivity contribution in [3.63, 3.8) is 0 Å². The number of hydrazine groups is 1. The molecule has 0 saturated carbocycles. The van der Waals surface area contributed by atoms with Crippen LogP contribution in [0.2, 0.25) is 0 Å². The molecule has 0 atom stereocenters. The van der Waals surface area contributed by atoms with Crippen molar-refractivity contribution >= 4 is 11.8 Å². The molecule has 6 nitrogen and oxygen atoms in total. The standard InChI is InChI=1S/C21H26N2O4/c1-14(2)18-9-8-15(3)10-19(18)27-13-21(25)23-22-20(24)12-16-6-5-7-17(11-16)26-4/h5-11,14H,12-13H2,1-4H3,(H,22,24)(H,23,25). The number of hydrogen-bond acceptors (Lipinski definition) is 4. The Morgan fingerprint density at radius 2 is 1.78 bits per heavy atom. The number of aryl methyl sites for hydroxylation is 1. The van der Waals surface area contributed by atoms with Gasteiger partial charge in [0, 0.05) is 0 Å². The third-order valence-electron chi connectivity index (χ3n) is 3.99. The number of carbonyl (C=O) groups excluding carboxylic acids is 2. The molecule has 0 aliphatic rings. The topological polar surface area (TPSA) is 76.7 Å². The molecule has 0 spiro atoms. The van der Waals surface area contributed by atoms with Crippen molar-refractivity contribution < 1.29 is 19.1 Å². The number of nitrogens with one attached hydrogen (secondary N) is 2. The van der Waals surface area contributed by atoms with Gasteiger partial charge in [-0.2, -0.15) is 0 Å². The van der Waals surface area contributed by atoms with Gasteiger partial charge in [-0.15, -0.1) is 0 Å². The van der Waals surface area contributed by atoms with Crippen molar-refractivity contribution in [1.29, 1.82) is 0 Å². The SMILES string of the molecule is COc1cccc(CC(=O)NNC(=O)COc2cc(C)ccc2C(C)C)c1. The molecule has 2 amide bonds. The zero-order valence-electron chi connectivity index (χ0n) is 16.2. The van der Waals surface area contributed by atoms with Gasteiger partial charge in [0.2, 0.25) is 5.91 Å². The lowest BCUT2D eigenvalue weighted by atomic mass is 10.0. The molecule has 6 heteroatoms. The van der Waals surface area contributed by atoms with Gasteiger partial charge in [-0.05, 0) is 47.7 Å².